The number of benzene rings is 1. The minimum absolute atomic E-state index is 0. The lowest BCUT2D eigenvalue weighted by Gasteiger charge is -2.36. The Balaban J connectivity index is 0.00000196. The Kier molecular flexibility index (Phi) is 10.8. The number of piperazine rings is 1. The summed E-state index contributed by atoms with van der Waals surface area (Å²) < 4.78 is 5.31. The number of nitrogens with zero attached hydrogens (tertiary/aromatic N) is 3. The molecule has 1 aromatic carbocycles. The molecule has 2 aliphatic rings. The minimum atomic E-state index is -0.287. The molecule has 1 aromatic rings. The molecule has 7 nitrogen and oxygen atoms in total. The largest absolute Gasteiger partial charge is 0.379 e. The van der Waals surface area contributed by atoms with Gasteiger partial charge in [0.2, 0.25) is 11.8 Å². The second-order valence-electron chi connectivity index (χ2n) is 6.87. The predicted molar refractivity (Wildman–Crippen MR) is 113 cm³/mol. The van der Waals surface area contributed by atoms with Crippen molar-refractivity contribution in [3.05, 3.63) is 35.9 Å². The fourth-order valence-electron chi connectivity index (χ4n) is 3.39. The Bertz CT molecular complexity index is 606. The van der Waals surface area contributed by atoms with Crippen LogP contribution in [0, 0.1) is 0 Å². The summed E-state index contributed by atoms with van der Waals surface area (Å²) in [5, 5.41) is 0. The Morgan fingerprint density at radius 2 is 1.43 bits per heavy atom. The van der Waals surface area contributed by atoms with E-state index in [4.69, 9.17) is 10.5 Å². The summed E-state index contributed by atoms with van der Waals surface area (Å²) in [5.74, 6) is 0.196. The maximum atomic E-state index is 12.5. The van der Waals surface area contributed by atoms with Crippen molar-refractivity contribution in [2.45, 2.75) is 12.5 Å². The molecule has 2 amide bonds. The van der Waals surface area contributed by atoms with Gasteiger partial charge in [-0.15, -0.1) is 24.8 Å². The second-order valence-corrected chi connectivity index (χ2v) is 6.87. The first-order valence-electron chi connectivity index (χ1n) is 9.29. The van der Waals surface area contributed by atoms with Crippen molar-refractivity contribution in [2.24, 2.45) is 5.73 Å². The average Bonchev–Trinajstić information content (AvgIpc) is 2.69. The first-order valence-corrected chi connectivity index (χ1v) is 9.29. The second kappa shape index (κ2) is 12.2. The Morgan fingerprint density at radius 1 is 0.893 bits per heavy atom. The molecular weight excluding hydrogens is 403 g/mol. The number of rotatable bonds is 5. The summed E-state index contributed by atoms with van der Waals surface area (Å²) in [7, 11) is 0. The zero-order valence-corrected chi connectivity index (χ0v) is 17.6. The zero-order chi connectivity index (χ0) is 18.4. The SMILES string of the molecule is Cl.Cl.NC(CC(=O)N1CCN(C(=O)CN2CCOCC2)CC1)c1ccccc1. The molecule has 1 unspecified atom stereocenters. The van der Waals surface area contributed by atoms with Crippen molar-refractivity contribution in [1.82, 2.24) is 14.7 Å². The fraction of sp³-hybridized carbons (Fsp3) is 0.579. The van der Waals surface area contributed by atoms with Gasteiger partial charge in [0.15, 0.2) is 0 Å². The van der Waals surface area contributed by atoms with E-state index in [1.165, 1.54) is 0 Å². The van der Waals surface area contributed by atoms with Crippen LogP contribution in [0.5, 0.6) is 0 Å². The van der Waals surface area contributed by atoms with Crippen LogP contribution in [0.4, 0.5) is 0 Å². The highest BCUT2D eigenvalue weighted by Crippen LogP contribution is 2.15. The zero-order valence-electron chi connectivity index (χ0n) is 16.0. The highest BCUT2D eigenvalue weighted by Gasteiger charge is 2.26. The number of nitrogens with two attached hydrogens (primary N) is 1. The minimum Gasteiger partial charge on any atom is -0.379 e. The molecule has 0 spiro atoms. The van der Waals surface area contributed by atoms with E-state index in [1.54, 1.807) is 0 Å². The lowest BCUT2D eigenvalue weighted by Crippen LogP contribution is -2.53. The molecular formula is C19H30Cl2N4O3. The number of carbonyl (C=O) groups excluding carboxylic acids is 2. The van der Waals surface area contributed by atoms with E-state index in [-0.39, 0.29) is 42.7 Å². The average molecular weight is 433 g/mol. The van der Waals surface area contributed by atoms with Crippen LogP contribution in [0.2, 0.25) is 0 Å². The first-order chi connectivity index (χ1) is 12.6. The van der Waals surface area contributed by atoms with E-state index in [1.807, 2.05) is 40.1 Å². The van der Waals surface area contributed by atoms with Crippen LogP contribution in [-0.4, -0.2) is 85.5 Å². The van der Waals surface area contributed by atoms with Crippen LogP contribution < -0.4 is 5.73 Å². The summed E-state index contributed by atoms with van der Waals surface area (Å²) in [6, 6.07) is 9.40. The van der Waals surface area contributed by atoms with Crippen LogP contribution in [0.15, 0.2) is 30.3 Å². The van der Waals surface area contributed by atoms with Crippen molar-refractivity contribution < 1.29 is 14.3 Å². The molecule has 3 rings (SSSR count). The standard InChI is InChI=1S/C19H28N4O3.2ClH/c20-17(16-4-2-1-3-5-16)14-18(24)22-6-8-23(9-7-22)19(25)15-21-10-12-26-13-11-21;;/h1-5,17H,6-15,20H2;2*1H. The molecule has 0 radical (unpaired) electrons. The summed E-state index contributed by atoms with van der Waals surface area (Å²) in [4.78, 5) is 30.7. The van der Waals surface area contributed by atoms with Gasteiger partial charge in [0, 0.05) is 51.7 Å². The summed E-state index contributed by atoms with van der Waals surface area (Å²) in [5.41, 5.74) is 7.13. The number of carbonyl (C=O) groups is 2. The Labute approximate surface area is 179 Å². The van der Waals surface area contributed by atoms with Gasteiger partial charge in [0.25, 0.3) is 0 Å². The number of amides is 2. The third-order valence-electron chi connectivity index (χ3n) is 5.07. The molecule has 2 saturated heterocycles. The normalized spacial score (nSPS) is 18.6. The molecule has 0 saturated carbocycles. The van der Waals surface area contributed by atoms with Crippen molar-refractivity contribution in [3.63, 3.8) is 0 Å². The molecule has 0 aromatic heterocycles. The lowest BCUT2D eigenvalue weighted by atomic mass is 10.0. The number of ether oxygens (including phenoxy) is 1. The van der Waals surface area contributed by atoms with Crippen LogP contribution in [0.25, 0.3) is 0 Å². The quantitative estimate of drug-likeness (QED) is 0.748. The van der Waals surface area contributed by atoms with Gasteiger partial charge in [-0.05, 0) is 5.56 Å². The maximum absolute atomic E-state index is 12.5. The van der Waals surface area contributed by atoms with Gasteiger partial charge in [0.05, 0.1) is 19.8 Å². The Hall–Kier alpha value is -1.38. The van der Waals surface area contributed by atoms with E-state index in [0.717, 1.165) is 18.7 Å². The third-order valence-corrected chi connectivity index (χ3v) is 5.07. The van der Waals surface area contributed by atoms with Crippen molar-refractivity contribution in [3.8, 4) is 0 Å². The van der Waals surface area contributed by atoms with Gasteiger partial charge in [-0.2, -0.15) is 0 Å². The van der Waals surface area contributed by atoms with Gasteiger partial charge in [-0.3, -0.25) is 14.5 Å². The fourth-order valence-corrected chi connectivity index (χ4v) is 3.39. The summed E-state index contributed by atoms with van der Waals surface area (Å²) >= 11 is 0. The maximum Gasteiger partial charge on any atom is 0.236 e. The van der Waals surface area contributed by atoms with Gasteiger partial charge in [-0.1, -0.05) is 30.3 Å². The van der Waals surface area contributed by atoms with Gasteiger partial charge < -0.3 is 20.3 Å². The topological polar surface area (TPSA) is 79.1 Å². The highest BCUT2D eigenvalue weighted by atomic mass is 35.5. The highest BCUT2D eigenvalue weighted by molar-refractivity contribution is 5.85. The summed E-state index contributed by atoms with van der Waals surface area (Å²) in [6.07, 6.45) is 0.297. The number of morpholine rings is 1. The van der Waals surface area contributed by atoms with E-state index >= 15 is 0 Å². The van der Waals surface area contributed by atoms with E-state index in [9.17, 15) is 9.59 Å². The van der Waals surface area contributed by atoms with Crippen LogP contribution >= 0.6 is 24.8 Å². The lowest BCUT2D eigenvalue weighted by molar-refractivity contribution is -0.141. The monoisotopic (exact) mass is 432 g/mol. The predicted octanol–water partition coefficient (Wildman–Crippen LogP) is 0.923. The smallest absolute Gasteiger partial charge is 0.236 e. The Morgan fingerprint density at radius 3 is 2.00 bits per heavy atom. The summed E-state index contributed by atoms with van der Waals surface area (Å²) in [6.45, 7) is 5.78. The molecule has 28 heavy (non-hydrogen) atoms. The van der Waals surface area contributed by atoms with Gasteiger partial charge in [-0.25, -0.2) is 0 Å². The molecule has 9 heteroatoms. The van der Waals surface area contributed by atoms with Crippen LogP contribution in [0.1, 0.15) is 18.0 Å². The third kappa shape index (κ3) is 6.90. The van der Waals surface area contributed by atoms with E-state index in [0.29, 0.717) is 52.4 Å². The molecule has 2 fully saturated rings. The van der Waals surface area contributed by atoms with Gasteiger partial charge >= 0.3 is 0 Å². The number of hydrogen-bond donors (Lipinski definition) is 1. The van der Waals surface area contributed by atoms with Crippen molar-refractivity contribution in [1.29, 1.82) is 0 Å². The van der Waals surface area contributed by atoms with Gasteiger partial charge in [0.1, 0.15) is 0 Å². The number of halogens is 2. The van der Waals surface area contributed by atoms with Crippen molar-refractivity contribution >= 4 is 36.6 Å². The molecule has 158 valence electrons. The first kappa shape index (κ1) is 24.7. The molecule has 1 atom stereocenters. The van der Waals surface area contributed by atoms with Crippen molar-refractivity contribution in [2.75, 3.05) is 59.0 Å². The van der Waals surface area contributed by atoms with E-state index in [2.05, 4.69) is 4.90 Å². The molecule has 0 bridgehead atoms. The van der Waals surface area contributed by atoms with E-state index < -0.39 is 0 Å². The van der Waals surface area contributed by atoms with Crippen LogP contribution in [0.3, 0.4) is 0 Å². The molecule has 2 N–H and O–H groups in total. The molecule has 0 aliphatic carbocycles. The molecule has 2 heterocycles. The van der Waals surface area contributed by atoms with Crippen LogP contribution in [-0.2, 0) is 14.3 Å². The molecule has 2 aliphatic heterocycles. The number of hydrogen-bond acceptors (Lipinski definition) is 5.